The van der Waals surface area contributed by atoms with Gasteiger partial charge in [0.1, 0.15) is 5.82 Å². The van der Waals surface area contributed by atoms with Gasteiger partial charge in [-0.25, -0.2) is 4.98 Å². The summed E-state index contributed by atoms with van der Waals surface area (Å²) >= 11 is 6.01. The molecule has 142 valence electrons. The molecule has 1 amide bonds. The van der Waals surface area contributed by atoms with Crippen LogP contribution in [0, 0.1) is 0 Å². The Bertz CT molecular complexity index is 919. The minimum Gasteiger partial charge on any atom is -0.342 e. The molecule has 0 spiro atoms. The van der Waals surface area contributed by atoms with Crippen molar-refractivity contribution in [3.05, 3.63) is 64.9 Å². The molecule has 0 bridgehead atoms. The Hall–Kier alpha value is -2.33. The maximum atomic E-state index is 12.6. The summed E-state index contributed by atoms with van der Waals surface area (Å²) in [5, 5.41) is 3.62. The molecule has 0 aliphatic rings. The van der Waals surface area contributed by atoms with Crippen molar-refractivity contribution in [1.82, 2.24) is 14.9 Å². The molecule has 0 saturated carbocycles. The van der Waals surface area contributed by atoms with E-state index < -0.39 is 0 Å². The molecule has 1 N–H and O–H groups in total. The quantitative estimate of drug-likeness (QED) is 0.502. The molecule has 3 rings (SSSR count). The molecule has 0 radical (unpaired) electrons. The number of benzene rings is 2. The summed E-state index contributed by atoms with van der Waals surface area (Å²) in [7, 11) is 0. The molecule has 0 aliphatic carbocycles. The Balaban J connectivity index is 1.82. The van der Waals surface area contributed by atoms with Crippen molar-refractivity contribution in [1.29, 1.82) is 0 Å². The Labute approximate surface area is 165 Å². The minimum absolute atomic E-state index is 0.144. The number of nitrogens with one attached hydrogen (secondary N) is 1. The summed E-state index contributed by atoms with van der Waals surface area (Å²) < 4.78 is 2.24. The lowest BCUT2D eigenvalue weighted by Crippen LogP contribution is -2.28. The van der Waals surface area contributed by atoms with Crippen molar-refractivity contribution in [3.63, 3.8) is 0 Å². The first-order valence-electron chi connectivity index (χ1n) is 9.61. The van der Waals surface area contributed by atoms with Gasteiger partial charge in [-0.1, -0.05) is 56.0 Å². The number of fused-ring (bicyclic) bond motifs is 1. The Kier molecular flexibility index (Phi) is 6.51. The number of nitrogens with zero attached hydrogens (tertiary/aromatic N) is 2. The summed E-state index contributed by atoms with van der Waals surface area (Å²) in [4.78, 5) is 17.4. The molecule has 0 aliphatic heterocycles. The smallest absolute Gasteiger partial charge is 0.251 e. The van der Waals surface area contributed by atoms with E-state index in [1.165, 1.54) is 19.3 Å². The third kappa shape index (κ3) is 4.69. The molecule has 0 fully saturated rings. The summed E-state index contributed by atoms with van der Waals surface area (Å²) in [6, 6.07) is 14.9. The number of para-hydroxylation sites is 2. The molecule has 2 aromatic carbocycles. The number of imidazole rings is 1. The molecule has 27 heavy (non-hydrogen) atoms. The van der Waals surface area contributed by atoms with E-state index in [0.717, 1.165) is 29.8 Å². The number of hydrogen-bond acceptors (Lipinski definition) is 2. The second-order valence-electron chi connectivity index (χ2n) is 6.88. The molecule has 1 aromatic heterocycles. The van der Waals surface area contributed by atoms with Crippen molar-refractivity contribution in [2.75, 3.05) is 0 Å². The van der Waals surface area contributed by atoms with E-state index in [0.29, 0.717) is 10.6 Å². The van der Waals surface area contributed by atoms with Crippen LogP contribution in [0.1, 0.15) is 61.8 Å². The van der Waals surface area contributed by atoms with Crippen LogP contribution in [0.4, 0.5) is 0 Å². The Morgan fingerprint density at radius 3 is 2.74 bits per heavy atom. The molecule has 5 heteroatoms. The summed E-state index contributed by atoms with van der Waals surface area (Å²) in [5.41, 5.74) is 2.64. The molecule has 1 heterocycles. The van der Waals surface area contributed by atoms with Gasteiger partial charge in [-0.2, -0.15) is 0 Å². The van der Waals surface area contributed by atoms with Gasteiger partial charge in [-0.15, -0.1) is 0 Å². The number of aromatic nitrogens is 2. The van der Waals surface area contributed by atoms with E-state index in [2.05, 4.69) is 22.9 Å². The first-order chi connectivity index (χ1) is 13.1. The molecule has 1 atom stereocenters. The third-order valence-electron chi connectivity index (χ3n) is 4.74. The number of amides is 1. The normalized spacial score (nSPS) is 12.3. The van der Waals surface area contributed by atoms with Gasteiger partial charge in [0, 0.05) is 17.1 Å². The second-order valence-corrected chi connectivity index (χ2v) is 7.31. The number of halogens is 1. The van der Waals surface area contributed by atoms with Gasteiger partial charge in [0.25, 0.3) is 5.91 Å². The van der Waals surface area contributed by atoms with Crippen molar-refractivity contribution in [2.45, 2.75) is 52.1 Å². The Morgan fingerprint density at radius 1 is 1.15 bits per heavy atom. The summed E-state index contributed by atoms with van der Waals surface area (Å²) in [5.74, 6) is 0.748. The number of rotatable bonds is 8. The second kappa shape index (κ2) is 9.05. The first kappa shape index (κ1) is 19.4. The lowest BCUT2D eigenvalue weighted by molar-refractivity contribution is 0.0937. The highest BCUT2D eigenvalue weighted by Gasteiger charge is 2.19. The van der Waals surface area contributed by atoms with E-state index in [-0.39, 0.29) is 11.9 Å². The fourth-order valence-corrected chi connectivity index (χ4v) is 3.52. The van der Waals surface area contributed by atoms with Crippen LogP contribution in [0.15, 0.2) is 48.5 Å². The molecule has 0 unspecified atom stereocenters. The van der Waals surface area contributed by atoms with Gasteiger partial charge < -0.3 is 9.88 Å². The Morgan fingerprint density at radius 2 is 1.96 bits per heavy atom. The van der Waals surface area contributed by atoms with Crippen LogP contribution in [-0.4, -0.2) is 15.5 Å². The van der Waals surface area contributed by atoms with Crippen LogP contribution in [0.25, 0.3) is 11.0 Å². The van der Waals surface area contributed by atoms with Crippen LogP contribution in [0.2, 0.25) is 5.02 Å². The third-order valence-corrected chi connectivity index (χ3v) is 4.98. The lowest BCUT2D eigenvalue weighted by Gasteiger charge is -2.16. The van der Waals surface area contributed by atoms with Crippen LogP contribution in [0.5, 0.6) is 0 Å². The molecule has 3 aromatic rings. The van der Waals surface area contributed by atoms with Crippen molar-refractivity contribution in [2.24, 2.45) is 0 Å². The molecule has 4 nitrogen and oxygen atoms in total. The highest BCUT2D eigenvalue weighted by molar-refractivity contribution is 6.30. The average molecular weight is 384 g/mol. The van der Waals surface area contributed by atoms with Gasteiger partial charge in [0.2, 0.25) is 0 Å². The van der Waals surface area contributed by atoms with E-state index in [1.54, 1.807) is 24.3 Å². The number of carbonyl (C=O) groups excluding carboxylic acids is 1. The highest BCUT2D eigenvalue weighted by Crippen LogP contribution is 2.22. The van der Waals surface area contributed by atoms with Gasteiger partial charge in [-0.05, 0) is 43.7 Å². The maximum Gasteiger partial charge on any atom is 0.251 e. The fourth-order valence-electron chi connectivity index (χ4n) is 3.33. The number of aryl methyl sites for hydroxylation is 1. The standard InChI is InChI=1S/C22H26ClN3O/c1-3-4-5-8-14-26-20-13-7-6-12-19(20)25-21(26)16(2)24-22(27)17-10-9-11-18(23)15-17/h6-7,9-13,15-16H,3-5,8,14H2,1-2H3,(H,24,27)/t16-/m1/s1. The van der Waals surface area contributed by atoms with Gasteiger partial charge in [0.05, 0.1) is 17.1 Å². The van der Waals surface area contributed by atoms with Crippen LogP contribution in [-0.2, 0) is 6.54 Å². The van der Waals surface area contributed by atoms with Crippen LogP contribution < -0.4 is 5.32 Å². The lowest BCUT2D eigenvalue weighted by atomic mass is 10.2. The number of carbonyl (C=O) groups is 1. The van der Waals surface area contributed by atoms with E-state index in [1.807, 2.05) is 25.1 Å². The van der Waals surface area contributed by atoms with Crippen molar-refractivity contribution >= 4 is 28.5 Å². The van der Waals surface area contributed by atoms with E-state index in [4.69, 9.17) is 16.6 Å². The summed E-state index contributed by atoms with van der Waals surface area (Å²) in [6.07, 6.45) is 4.76. The van der Waals surface area contributed by atoms with Gasteiger partial charge in [0.15, 0.2) is 0 Å². The maximum absolute atomic E-state index is 12.6. The predicted molar refractivity (Wildman–Crippen MR) is 111 cm³/mol. The van der Waals surface area contributed by atoms with E-state index in [9.17, 15) is 4.79 Å². The molecule has 0 saturated heterocycles. The fraction of sp³-hybridized carbons (Fsp3) is 0.364. The number of hydrogen-bond donors (Lipinski definition) is 1. The summed E-state index contributed by atoms with van der Waals surface area (Å²) in [6.45, 7) is 5.10. The van der Waals surface area contributed by atoms with Gasteiger partial charge in [-0.3, -0.25) is 4.79 Å². The van der Waals surface area contributed by atoms with Crippen molar-refractivity contribution in [3.8, 4) is 0 Å². The number of unbranched alkanes of at least 4 members (excludes halogenated alkanes) is 3. The van der Waals surface area contributed by atoms with Crippen molar-refractivity contribution < 1.29 is 4.79 Å². The monoisotopic (exact) mass is 383 g/mol. The zero-order valence-electron chi connectivity index (χ0n) is 15.9. The average Bonchev–Trinajstić information content (AvgIpc) is 3.04. The highest BCUT2D eigenvalue weighted by atomic mass is 35.5. The largest absolute Gasteiger partial charge is 0.342 e. The zero-order valence-corrected chi connectivity index (χ0v) is 16.7. The first-order valence-corrected chi connectivity index (χ1v) is 9.99. The topological polar surface area (TPSA) is 46.9 Å². The zero-order chi connectivity index (χ0) is 19.2. The SMILES string of the molecule is CCCCCCn1c([C@@H](C)NC(=O)c2cccc(Cl)c2)nc2ccccc21. The van der Waals surface area contributed by atoms with Crippen LogP contribution in [0.3, 0.4) is 0 Å². The minimum atomic E-state index is -0.199. The van der Waals surface area contributed by atoms with E-state index >= 15 is 0 Å². The van der Waals surface area contributed by atoms with Crippen LogP contribution >= 0.6 is 11.6 Å². The van der Waals surface area contributed by atoms with Gasteiger partial charge >= 0.3 is 0 Å². The molecular formula is C22H26ClN3O. The predicted octanol–water partition coefficient (Wildman–Crippen LogP) is 5.76. The molecular weight excluding hydrogens is 358 g/mol.